The summed E-state index contributed by atoms with van der Waals surface area (Å²) in [5, 5.41) is 5.65. The number of methoxy groups -OCH3 is 2. The van der Waals surface area contributed by atoms with E-state index in [9.17, 15) is 9.59 Å². The maximum absolute atomic E-state index is 12.3. The van der Waals surface area contributed by atoms with E-state index in [1.807, 2.05) is 18.2 Å². The predicted octanol–water partition coefficient (Wildman–Crippen LogP) is 2.26. The molecule has 0 radical (unpaired) electrons. The fourth-order valence-corrected chi connectivity index (χ4v) is 2.53. The van der Waals surface area contributed by atoms with Gasteiger partial charge in [-0.15, -0.1) is 0 Å². The molecule has 2 N–H and O–H groups in total. The van der Waals surface area contributed by atoms with Crippen molar-refractivity contribution >= 4 is 17.7 Å². The lowest BCUT2D eigenvalue weighted by Gasteiger charge is -2.32. The molecule has 1 aromatic rings. The first-order valence-electron chi connectivity index (χ1n) is 6.92. The van der Waals surface area contributed by atoms with Gasteiger partial charge in [-0.2, -0.15) is 0 Å². The summed E-state index contributed by atoms with van der Waals surface area (Å²) in [7, 11) is 2.81. The van der Waals surface area contributed by atoms with E-state index in [0.717, 1.165) is 17.7 Å². The van der Waals surface area contributed by atoms with Gasteiger partial charge in [-0.3, -0.25) is 10.1 Å². The summed E-state index contributed by atoms with van der Waals surface area (Å²) in [5.41, 5.74) is 1.74. The van der Waals surface area contributed by atoms with Gasteiger partial charge in [0.15, 0.2) is 0 Å². The van der Waals surface area contributed by atoms with E-state index in [0.29, 0.717) is 12.2 Å². The highest BCUT2D eigenvalue weighted by molar-refractivity contribution is 5.96. The largest absolute Gasteiger partial charge is 0.497 e. The minimum atomic E-state index is -0.740. The van der Waals surface area contributed by atoms with Gasteiger partial charge in [0.25, 0.3) is 0 Å². The quantitative estimate of drug-likeness (QED) is 0.893. The number of rotatable bonds is 3. The molecule has 0 aliphatic carbocycles. The Balaban J connectivity index is 2.32. The lowest BCUT2D eigenvalue weighted by Crippen LogP contribution is -2.39. The van der Waals surface area contributed by atoms with Crippen LogP contribution in [0.2, 0.25) is 0 Å². The molecule has 0 bridgehead atoms. The number of nitrogens with one attached hydrogen (secondary N) is 2. The number of benzene rings is 1. The summed E-state index contributed by atoms with van der Waals surface area (Å²) in [6.07, 6.45) is 0.781. The molecule has 0 unspecified atom stereocenters. The predicted molar refractivity (Wildman–Crippen MR) is 78.6 cm³/mol. The summed E-state index contributed by atoms with van der Waals surface area (Å²) >= 11 is 0. The van der Waals surface area contributed by atoms with Crippen LogP contribution in [0.1, 0.15) is 31.2 Å². The summed E-state index contributed by atoms with van der Waals surface area (Å²) in [6, 6.07) is 5.77. The number of ether oxygens (including phenoxy) is 2. The van der Waals surface area contributed by atoms with Crippen LogP contribution in [-0.2, 0) is 9.53 Å². The maximum Gasteiger partial charge on any atom is 0.413 e. The van der Waals surface area contributed by atoms with Gasteiger partial charge in [-0.05, 0) is 36.6 Å². The minimum Gasteiger partial charge on any atom is -0.497 e. The second-order valence-electron chi connectivity index (χ2n) is 4.97. The van der Waals surface area contributed by atoms with E-state index < -0.39 is 12.0 Å². The number of amides is 2. The van der Waals surface area contributed by atoms with Crippen molar-refractivity contribution < 1.29 is 19.1 Å². The number of imide groups is 1. The number of alkyl carbamates (subject to hydrolysis) is 1. The van der Waals surface area contributed by atoms with Crippen molar-refractivity contribution in [1.82, 2.24) is 5.32 Å². The average Bonchev–Trinajstić information content (AvgIpc) is 2.52. The Morgan fingerprint density at radius 1 is 1.38 bits per heavy atom. The topological polar surface area (TPSA) is 76.7 Å². The highest BCUT2D eigenvalue weighted by Crippen LogP contribution is 2.37. The van der Waals surface area contributed by atoms with E-state index in [4.69, 9.17) is 4.74 Å². The lowest BCUT2D eigenvalue weighted by atomic mass is 9.85. The number of hydrogen-bond acceptors (Lipinski definition) is 5. The van der Waals surface area contributed by atoms with Crippen molar-refractivity contribution in [2.75, 3.05) is 19.5 Å². The third-order valence-corrected chi connectivity index (χ3v) is 3.73. The Morgan fingerprint density at radius 3 is 2.76 bits per heavy atom. The van der Waals surface area contributed by atoms with Crippen LogP contribution in [0.15, 0.2) is 18.2 Å². The monoisotopic (exact) mass is 292 g/mol. The van der Waals surface area contributed by atoms with Gasteiger partial charge >= 0.3 is 6.09 Å². The number of anilines is 1. The van der Waals surface area contributed by atoms with Crippen molar-refractivity contribution in [3.8, 4) is 5.75 Å². The summed E-state index contributed by atoms with van der Waals surface area (Å²) in [5.74, 6) is -0.0712. The van der Waals surface area contributed by atoms with Crippen molar-refractivity contribution in [3.63, 3.8) is 0 Å². The molecule has 0 saturated carbocycles. The van der Waals surface area contributed by atoms with Crippen LogP contribution in [0.25, 0.3) is 0 Å². The fourth-order valence-electron chi connectivity index (χ4n) is 2.53. The molecule has 6 nitrogen and oxygen atoms in total. The molecule has 0 aromatic heterocycles. The van der Waals surface area contributed by atoms with Crippen LogP contribution < -0.4 is 15.4 Å². The van der Waals surface area contributed by atoms with Crippen molar-refractivity contribution in [3.05, 3.63) is 23.8 Å². The third kappa shape index (κ3) is 3.26. The molecule has 21 heavy (non-hydrogen) atoms. The zero-order valence-corrected chi connectivity index (χ0v) is 12.4. The molecule has 0 saturated heterocycles. The van der Waals surface area contributed by atoms with Gasteiger partial charge in [0.1, 0.15) is 5.75 Å². The molecular weight excluding hydrogens is 272 g/mol. The Bertz CT molecular complexity index is 544. The van der Waals surface area contributed by atoms with Crippen LogP contribution in [0.3, 0.4) is 0 Å². The highest BCUT2D eigenvalue weighted by Gasteiger charge is 2.32. The SMILES string of the molecule is CC[C@@H]1C[C@H](C(=O)NC(=O)OC)c2cc(OC)ccc2N1. The molecule has 0 spiro atoms. The van der Waals surface area contributed by atoms with Crippen molar-refractivity contribution in [2.45, 2.75) is 31.7 Å². The van der Waals surface area contributed by atoms with E-state index in [2.05, 4.69) is 22.3 Å². The van der Waals surface area contributed by atoms with Gasteiger partial charge in [0, 0.05) is 11.7 Å². The fraction of sp³-hybridized carbons (Fsp3) is 0.467. The molecule has 1 heterocycles. The Hall–Kier alpha value is -2.24. The zero-order valence-electron chi connectivity index (χ0n) is 12.4. The molecule has 2 amide bonds. The second kappa shape index (κ2) is 6.47. The number of carbonyl (C=O) groups excluding carboxylic acids is 2. The Kier molecular flexibility index (Phi) is 4.67. The molecule has 6 heteroatoms. The first-order chi connectivity index (χ1) is 10.1. The van der Waals surface area contributed by atoms with Gasteiger partial charge in [0.2, 0.25) is 5.91 Å². The van der Waals surface area contributed by atoms with Crippen LogP contribution in [0.5, 0.6) is 5.75 Å². The van der Waals surface area contributed by atoms with E-state index >= 15 is 0 Å². The molecule has 2 atom stereocenters. The Morgan fingerprint density at radius 2 is 2.14 bits per heavy atom. The normalized spacial score (nSPS) is 20.0. The van der Waals surface area contributed by atoms with Gasteiger partial charge < -0.3 is 14.8 Å². The Labute approximate surface area is 123 Å². The molecule has 114 valence electrons. The summed E-state index contributed by atoms with van der Waals surface area (Å²) in [6.45, 7) is 2.06. The van der Waals surface area contributed by atoms with E-state index in [-0.39, 0.29) is 11.9 Å². The van der Waals surface area contributed by atoms with Gasteiger partial charge in [0.05, 0.1) is 20.1 Å². The average molecular weight is 292 g/mol. The summed E-state index contributed by atoms with van der Waals surface area (Å²) in [4.78, 5) is 23.6. The standard InChI is InChI=1S/C15H20N2O4/c1-4-9-7-12(14(18)17-15(19)21-3)11-8-10(20-2)5-6-13(11)16-9/h5-6,8-9,12,16H,4,7H2,1-3H3,(H,17,18,19)/t9-,12+/m1/s1. The van der Waals surface area contributed by atoms with Gasteiger partial charge in [-0.25, -0.2) is 4.79 Å². The van der Waals surface area contributed by atoms with E-state index in [1.54, 1.807) is 7.11 Å². The third-order valence-electron chi connectivity index (χ3n) is 3.73. The number of hydrogen-bond donors (Lipinski definition) is 2. The van der Waals surface area contributed by atoms with Crippen molar-refractivity contribution in [1.29, 1.82) is 0 Å². The molecule has 0 fully saturated rings. The minimum absolute atomic E-state index is 0.194. The number of fused-ring (bicyclic) bond motifs is 1. The highest BCUT2D eigenvalue weighted by atomic mass is 16.5. The van der Waals surface area contributed by atoms with E-state index in [1.165, 1.54) is 7.11 Å². The van der Waals surface area contributed by atoms with Crippen molar-refractivity contribution in [2.24, 2.45) is 0 Å². The molecule has 1 aliphatic heterocycles. The number of carbonyl (C=O) groups is 2. The molecular formula is C15H20N2O4. The van der Waals surface area contributed by atoms with Gasteiger partial charge in [-0.1, -0.05) is 6.92 Å². The molecule has 1 aliphatic rings. The lowest BCUT2D eigenvalue weighted by molar-refractivity contribution is -0.122. The maximum atomic E-state index is 12.3. The van der Waals surface area contributed by atoms with Crippen LogP contribution in [0.4, 0.5) is 10.5 Å². The zero-order chi connectivity index (χ0) is 15.4. The molecule has 2 rings (SSSR count). The second-order valence-corrected chi connectivity index (χ2v) is 4.97. The first-order valence-corrected chi connectivity index (χ1v) is 6.92. The van der Waals surface area contributed by atoms with Crippen LogP contribution >= 0.6 is 0 Å². The smallest absolute Gasteiger partial charge is 0.413 e. The summed E-state index contributed by atoms with van der Waals surface area (Å²) < 4.78 is 9.70. The van der Waals surface area contributed by atoms with Crippen LogP contribution in [0, 0.1) is 0 Å². The molecule has 1 aromatic carbocycles. The first kappa shape index (κ1) is 15.2. The van der Waals surface area contributed by atoms with Crippen LogP contribution in [-0.4, -0.2) is 32.3 Å².